The van der Waals surface area contributed by atoms with Crippen LogP contribution in [0, 0.1) is 0 Å². The van der Waals surface area contributed by atoms with Crippen LogP contribution in [0.3, 0.4) is 0 Å². The topological polar surface area (TPSA) is 68.8 Å². The summed E-state index contributed by atoms with van der Waals surface area (Å²) in [6.07, 6.45) is -0.226. The summed E-state index contributed by atoms with van der Waals surface area (Å²) in [7, 11) is 1.59. The molecule has 158 valence electrons. The Kier molecular flexibility index (Phi) is 6.95. The zero-order valence-electron chi connectivity index (χ0n) is 17.5. The first-order chi connectivity index (χ1) is 14.4. The van der Waals surface area contributed by atoms with E-state index >= 15 is 0 Å². The van der Waals surface area contributed by atoms with E-state index in [-0.39, 0.29) is 6.10 Å². The molecule has 2 N–H and O–H groups in total. The minimum atomic E-state index is -0.456. The van der Waals surface area contributed by atoms with Crippen LogP contribution < -0.4 is 20.1 Å². The molecule has 0 bridgehead atoms. The molecular formula is C23H26N2O4S. The van der Waals surface area contributed by atoms with E-state index in [9.17, 15) is 4.79 Å². The molecule has 2 aromatic rings. The van der Waals surface area contributed by atoms with E-state index in [1.807, 2.05) is 69.3 Å². The smallest absolute Gasteiger partial charge is 0.338 e. The average Bonchev–Trinajstić information content (AvgIpc) is 2.71. The molecule has 7 heteroatoms. The Labute approximate surface area is 182 Å². The maximum atomic E-state index is 12.7. The molecule has 0 radical (unpaired) electrons. The first-order valence-corrected chi connectivity index (χ1v) is 10.1. The number of hydrogen-bond donors (Lipinski definition) is 2. The molecule has 6 nitrogen and oxygen atoms in total. The molecular weight excluding hydrogens is 400 g/mol. The predicted molar refractivity (Wildman–Crippen MR) is 119 cm³/mol. The quantitative estimate of drug-likeness (QED) is 0.512. The standard InChI is InChI=1S/C23H26N2O4S/c1-14(2)29-22(26)20-15(3)24-23(30)25-21(20)17-10-11-18(19(12-17)27-4)28-13-16-8-6-5-7-9-16/h5-12,14,21H,13H2,1-4H3,(H2,24,25,30)/t21-/m0/s1. The van der Waals surface area contributed by atoms with Crippen LogP contribution >= 0.6 is 12.2 Å². The number of methoxy groups -OCH3 is 1. The summed E-state index contributed by atoms with van der Waals surface area (Å²) in [5, 5.41) is 6.61. The third-order valence-electron chi connectivity index (χ3n) is 4.59. The van der Waals surface area contributed by atoms with E-state index in [4.69, 9.17) is 26.4 Å². The van der Waals surface area contributed by atoms with Crippen LogP contribution in [0.2, 0.25) is 0 Å². The van der Waals surface area contributed by atoms with E-state index in [1.165, 1.54) is 0 Å². The molecule has 3 rings (SSSR count). The Morgan fingerprint density at radius 3 is 2.53 bits per heavy atom. The Hall–Kier alpha value is -3.06. The summed E-state index contributed by atoms with van der Waals surface area (Å²) < 4.78 is 16.9. The van der Waals surface area contributed by atoms with Crippen molar-refractivity contribution in [1.29, 1.82) is 0 Å². The third kappa shape index (κ3) is 5.10. The van der Waals surface area contributed by atoms with Crippen LogP contribution in [0.4, 0.5) is 0 Å². The maximum absolute atomic E-state index is 12.7. The molecule has 1 atom stereocenters. The Balaban J connectivity index is 1.88. The monoisotopic (exact) mass is 426 g/mol. The van der Waals surface area contributed by atoms with Crippen LogP contribution in [0.5, 0.6) is 11.5 Å². The van der Waals surface area contributed by atoms with Gasteiger partial charge in [0, 0.05) is 5.70 Å². The van der Waals surface area contributed by atoms with Crippen molar-refractivity contribution in [2.75, 3.05) is 7.11 Å². The summed E-state index contributed by atoms with van der Waals surface area (Å²) in [6.45, 7) is 5.88. The van der Waals surface area contributed by atoms with Gasteiger partial charge in [0.15, 0.2) is 16.6 Å². The number of nitrogens with one attached hydrogen (secondary N) is 2. The Morgan fingerprint density at radius 1 is 1.13 bits per heavy atom. The van der Waals surface area contributed by atoms with E-state index in [2.05, 4.69) is 10.6 Å². The van der Waals surface area contributed by atoms with Gasteiger partial charge in [0.2, 0.25) is 0 Å². The molecule has 1 aliphatic rings. The van der Waals surface area contributed by atoms with E-state index in [0.717, 1.165) is 11.1 Å². The lowest BCUT2D eigenvalue weighted by Crippen LogP contribution is -2.45. The van der Waals surface area contributed by atoms with Gasteiger partial charge in [-0.15, -0.1) is 0 Å². The second-order valence-electron chi connectivity index (χ2n) is 7.21. The number of hydrogen-bond acceptors (Lipinski definition) is 5. The summed E-state index contributed by atoms with van der Waals surface area (Å²) in [5.74, 6) is 0.802. The van der Waals surface area contributed by atoms with Gasteiger partial charge in [-0.05, 0) is 56.2 Å². The van der Waals surface area contributed by atoms with Crippen LogP contribution in [-0.4, -0.2) is 24.3 Å². The SMILES string of the molecule is COc1cc([C@@H]2NC(=S)NC(C)=C2C(=O)OC(C)C)ccc1OCc1ccccc1. The summed E-state index contributed by atoms with van der Waals surface area (Å²) in [4.78, 5) is 12.7. The molecule has 0 aromatic heterocycles. The summed E-state index contributed by atoms with van der Waals surface area (Å²) in [6, 6.07) is 15.0. The van der Waals surface area contributed by atoms with Crippen molar-refractivity contribution in [3.05, 3.63) is 70.9 Å². The minimum Gasteiger partial charge on any atom is -0.493 e. The highest BCUT2D eigenvalue weighted by Gasteiger charge is 2.32. The van der Waals surface area contributed by atoms with Crippen molar-refractivity contribution in [3.63, 3.8) is 0 Å². The van der Waals surface area contributed by atoms with Gasteiger partial charge in [0.25, 0.3) is 0 Å². The Bertz CT molecular complexity index is 957. The van der Waals surface area contributed by atoms with Gasteiger partial charge in [0.05, 0.1) is 24.8 Å². The normalized spacial score (nSPS) is 16.0. The van der Waals surface area contributed by atoms with Crippen molar-refractivity contribution >= 4 is 23.3 Å². The zero-order chi connectivity index (χ0) is 21.7. The maximum Gasteiger partial charge on any atom is 0.338 e. The molecule has 0 unspecified atom stereocenters. The highest BCUT2D eigenvalue weighted by Crippen LogP contribution is 2.35. The first kappa shape index (κ1) is 21.6. The van der Waals surface area contributed by atoms with E-state index < -0.39 is 12.0 Å². The van der Waals surface area contributed by atoms with Crippen LogP contribution in [0.25, 0.3) is 0 Å². The third-order valence-corrected chi connectivity index (χ3v) is 4.81. The molecule has 30 heavy (non-hydrogen) atoms. The largest absolute Gasteiger partial charge is 0.493 e. The minimum absolute atomic E-state index is 0.226. The average molecular weight is 427 g/mol. The number of thiocarbonyl (C=S) groups is 1. The summed E-state index contributed by atoms with van der Waals surface area (Å²) in [5.41, 5.74) is 3.03. The zero-order valence-corrected chi connectivity index (χ0v) is 18.3. The second kappa shape index (κ2) is 9.63. The lowest BCUT2D eigenvalue weighted by molar-refractivity contribution is -0.143. The van der Waals surface area contributed by atoms with Crippen LogP contribution in [0.15, 0.2) is 59.8 Å². The summed E-state index contributed by atoms with van der Waals surface area (Å²) >= 11 is 5.31. The van der Waals surface area contributed by atoms with Crippen LogP contribution in [0.1, 0.15) is 37.9 Å². The number of benzene rings is 2. The van der Waals surface area contributed by atoms with Crippen molar-refractivity contribution < 1.29 is 19.0 Å². The fraction of sp³-hybridized carbons (Fsp3) is 0.304. The molecule has 0 amide bonds. The van der Waals surface area contributed by atoms with Gasteiger partial charge in [-0.1, -0.05) is 36.4 Å². The molecule has 1 aliphatic heterocycles. The van der Waals surface area contributed by atoms with Gasteiger partial charge < -0.3 is 24.8 Å². The molecule has 0 fully saturated rings. The van der Waals surface area contributed by atoms with Crippen molar-refractivity contribution in [2.24, 2.45) is 0 Å². The second-order valence-corrected chi connectivity index (χ2v) is 7.62. The number of allylic oxidation sites excluding steroid dienone is 1. The molecule has 2 aromatic carbocycles. The highest BCUT2D eigenvalue weighted by molar-refractivity contribution is 7.80. The van der Waals surface area contributed by atoms with E-state index in [1.54, 1.807) is 7.11 Å². The van der Waals surface area contributed by atoms with Crippen molar-refractivity contribution in [2.45, 2.75) is 39.5 Å². The van der Waals surface area contributed by atoms with Crippen molar-refractivity contribution in [1.82, 2.24) is 10.6 Å². The fourth-order valence-electron chi connectivity index (χ4n) is 3.21. The molecule has 1 heterocycles. The Morgan fingerprint density at radius 2 is 1.87 bits per heavy atom. The van der Waals surface area contributed by atoms with Crippen molar-refractivity contribution in [3.8, 4) is 11.5 Å². The number of esters is 1. The lowest BCUT2D eigenvalue weighted by Gasteiger charge is -2.30. The number of carbonyl (C=O) groups is 1. The molecule has 0 saturated heterocycles. The van der Waals surface area contributed by atoms with Gasteiger partial charge in [-0.2, -0.15) is 0 Å². The van der Waals surface area contributed by atoms with Gasteiger partial charge in [-0.25, -0.2) is 4.79 Å². The molecule has 0 spiro atoms. The predicted octanol–water partition coefficient (Wildman–Crippen LogP) is 4.02. The highest BCUT2D eigenvalue weighted by atomic mass is 32.1. The molecule has 0 aliphatic carbocycles. The van der Waals surface area contributed by atoms with Gasteiger partial charge in [-0.3, -0.25) is 0 Å². The van der Waals surface area contributed by atoms with Crippen LogP contribution in [-0.2, 0) is 16.1 Å². The van der Waals surface area contributed by atoms with Gasteiger partial charge >= 0.3 is 5.97 Å². The number of carbonyl (C=O) groups excluding carboxylic acids is 1. The van der Waals surface area contributed by atoms with Gasteiger partial charge in [0.1, 0.15) is 6.61 Å². The molecule has 0 saturated carbocycles. The first-order valence-electron chi connectivity index (χ1n) is 9.73. The lowest BCUT2D eigenvalue weighted by atomic mass is 9.95. The van der Waals surface area contributed by atoms with E-state index in [0.29, 0.717) is 34.5 Å². The number of ether oxygens (including phenoxy) is 3. The fourth-order valence-corrected chi connectivity index (χ4v) is 3.48. The number of rotatable bonds is 7.